The van der Waals surface area contributed by atoms with Crippen molar-refractivity contribution in [2.24, 2.45) is 0 Å². The molecule has 0 amide bonds. The zero-order chi connectivity index (χ0) is 15.0. The Bertz CT molecular complexity index is 697. The van der Waals surface area contributed by atoms with Gasteiger partial charge in [-0.1, -0.05) is 30.7 Å². The Morgan fingerprint density at radius 3 is 2.43 bits per heavy atom. The van der Waals surface area contributed by atoms with Crippen molar-refractivity contribution in [2.45, 2.75) is 32.1 Å². The van der Waals surface area contributed by atoms with Gasteiger partial charge < -0.3 is 0 Å². The summed E-state index contributed by atoms with van der Waals surface area (Å²) in [7, 11) is 0. The summed E-state index contributed by atoms with van der Waals surface area (Å²) in [4.78, 5) is 18.7. The molecule has 0 atom stereocenters. The van der Waals surface area contributed by atoms with Gasteiger partial charge in [0.05, 0.1) is 4.92 Å². The Morgan fingerprint density at radius 2 is 1.90 bits per heavy atom. The van der Waals surface area contributed by atoms with Crippen LogP contribution in [0.1, 0.15) is 36.4 Å². The molecule has 5 nitrogen and oxygen atoms in total. The number of halogens is 1. The van der Waals surface area contributed by atoms with Gasteiger partial charge in [0.25, 0.3) is 0 Å². The van der Waals surface area contributed by atoms with Crippen LogP contribution in [0.2, 0.25) is 5.28 Å². The lowest BCUT2D eigenvalue weighted by Crippen LogP contribution is -2.08. The number of hydrogen-bond donors (Lipinski definition) is 0. The highest BCUT2D eigenvalue weighted by atomic mass is 35.5. The van der Waals surface area contributed by atoms with Gasteiger partial charge in [0.1, 0.15) is 5.69 Å². The molecular weight excluding hydrogens is 290 g/mol. The van der Waals surface area contributed by atoms with Crippen LogP contribution >= 0.6 is 11.6 Å². The first-order valence-electron chi connectivity index (χ1n) is 6.85. The fourth-order valence-electron chi connectivity index (χ4n) is 2.61. The lowest BCUT2D eigenvalue weighted by Gasteiger charge is -2.25. The third kappa shape index (κ3) is 2.61. The van der Waals surface area contributed by atoms with Crippen LogP contribution in [0.4, 0.5) is 5.69 Å². The van der Waals surface area contributed by atoms with Crippen molar-refractivity contribution in [3.8, 4) is 11.3 Å². The lowest BCUT2D eigenvalue weighted by atomic mass is 9.80. The van der Waals surface area contributed by atoms with Crippen molar-refractivity contribution in [1.29, 1.82) is 0 Å². The first kappa shape index (κ1) is 13.9. The molecule has 1 aliphatic rings. The third-order valence-electron chi connectivity index (χ3n) is 3.97. The Labute approximate surface area is 127 Å². The quantitative estimate of drug-likeness (QED) is 0.482. The summed E-state index contributed by atoms with van der Waals surface area (Å²) in [6, 6.07) is 7.79. The number of rotatable bonds is 3. The number of aromatic nitrogens is 2. The van der Waals surface area contributed by atoms with Crippen LogP contribution in [0.5, 0.6) is 0 Å². The first-order chi connectivity index (χ1) is 10.1. The lowest BCUT2D eigenvalue weighted by molar-refractivity contribution is -0.385. The van der Waals surface area contributed by atoms with E-state index in [-0.39, 0.29) is 22.4 Å². The summed E-state index contributed by atoms with van der Waals surface area (Å²) < 4.78 is 0. The Kier molecular flexibility index (Phi) is 3.59. The van der Waals surface area contributed by atoms with Crippen LogP contribution in [-0.2, 0) is 0 Å². The molecule has 0 radical (unpaired) electrons. The minimum absolute atomic E-state index is 0.0242. The van der Waals surface area contributed by atoms with Gasteiger partial charge in [-0.25, -0.2) is 9.97 Å². The van der Waals surface area contributed by atoms with E-state index in [1.165, 1.54) is 24.8 Å². The molecular formula is C15H14ClN3O2. The van der Waals surface area contributed by atoms with E-state index in [4.69, 9.17) is 11.6 Å². The molecule has 21 heavy (non-hydrogen) atoms. The topological polar surface area (TPSA) is 68.9 Å². The van der Waals surface area contributed by atoms with Gasteiger partial charge in [-0.2, -0.15) is 0 Å². The fraction of sp³-hybridized carbons (Fsp3) is 0.333. The second-order valence-electron chi connectivity index (χ2n) is 5.28. The summed E-state index contributed by atoms with van der Waals surface area (Å²) in [6.07, 6.45) is 3.72. The van der Waals surface area contributed by atoms with Gasteiger partial charge in [-0.15, -0.1) is 0 Å². The molecule has 1 aromatic heterocycles. The molecule has 1 aromatic carbocycles. The van der Waals surface area contributed by atoms with Crippen molar-refractivity contribution < 1.29 is 4.92 Å². The number of nitro groups is 1. The molecule has 0 N–H and O–H groups in total. The number of nitrogens with zero attached hydrogens (tertiary/aromatic N) is 3. The van der Waals surface area contributed by atoms with Crippen LogP contribution in [0, 0.1) is 17.0 Å². The number of benzene rings is 1. The maximum Gasteiger partial charge on any atom is 0.316 e. The molecule has 1 aliphatic carbocycles. The van der Waals surface area contributed by atoms with E-state index >= 15 is 0 Å². The zero-order valence-electron chi connectivity index (χ0n) is 11.5. The third-order valence-corrected chi connectivity index (χ3v) is 4.14. The molecule has 0 saturated heterocycles. The minimum atomic E-state index is -0.458. The van der Waals surface area contributed by atoms with Crippen molar-refractivity contribution in [3.05, 3.63) is 50.9 Å². The summed E-state index contributed by atoms with van der Waals surface area (Å²) in [5.74, 6) is 0.629. The van der Waals surface area contributed by atoms with Crippen molar-refractivity contribution >= 4 is 17.3 Å². The first-order valence-corrected chi connectivity index (χ1v) is 7.23. The van der Waals surface area contributed by atoms with Gasteiger partial charge in [0.2, 0.25) is 5.28 Å². The fourth-order valence-corrected chi connectivity index (χ4v) is 2.82. The average Bonchev–Trinajstić information content (AvgIpc) is 2.36. The highest BCUT2D eigenvalue weighted by Crippen LogP contribution is 2.38. The van der Waals surface area contributed by atoms with Gasteiger partial charge in [-0.3, -0.25) is 10.1 Å². The molecule has 0 bridgehead atoms. The van der Waals surface area contributed by atoms with Crippen LogP contribution in [-0.4, -0.2) is 14.9 Å². The highest BCUT2D eigenvalue weighted by Gasteiger charge is 2.24. The molecule has 1 heterocycles. The van der Waals surface area contributed by atoms with Crippen molar-refractivity contribution in [3.63, 3.8) is 0 Å². The predicted molar refractivity (Wildman–Crippen MR) is 80.5 cm³/mol. The van der Waals surface area contributed by atoms with Crippen LogP contribution in [0.3, 0.4) is 0 Å². The molecule has 0 spiro atoms. The average molecular weight is 304 g/mol. The molecule has 108 valence electrons. The van der Waals surface area contributed by atoms with Crippen molar-refractivity contribution in [1.82, 2.24) is 9.97 Å². The number of hydrogen-bond acceptors (Lipinski definition) is 4. The summed E-state index contributed by atoms with van der Waals surface area (Å²) in [6.45, 7) is 1.57. The van der Waals surface area contributed by atoms with E-state index in [2.05, 4.69) is 9.97 Å². The van der Waals surface area contributed by atoms with Crippen LogP contribution < -0.4 is 0 Å². The zero-order valence-corrected chi connectivity index (χ0v) is 12.3. The highest BCUT2D eigenvalue weighted by molar-refractivity contribution is 6.28. The Balaban J connectivity index is 2.04. The molecule has 0 unspecified atom stereocenters. The standard InChI is InChI=1S/C15H14ClN3O2/c1-9-14(19(20)21)13(18-15(16)17-9)12-7-5-11(6-8-12)10-3-2-4-10/h5-8,10H,2-4H2,1H3. The Morgan fingerprint density at radius 1 is 1.24 bits per heavy atom. The maximum atomic E-state index is 11.2. The molecule has 6 heteroatoms. The van der Waals surface area contributed by atoms with Gasteiger partial charge in [0, 0.05) is 5.56 Å². The second-order valence-corrected chi connectivity index (χ2v) is 5.62. The monoisotopic (exact) mass is 303 g/mol. The van der Waals surface area contributed by atoms with Crippen molar-refractivity contribution in [2.75, 3.05) is 0 Å². The normalized spacial score (nSPS) is 14.8. The summed E-state index contributed by atoms with van der Waals surface area (Å²) in [5, 5.41) is 11.3. The van der Waals surface area contributed by atoms with E-state index in [0.717, 1.165) is 0 Å². The maximum absolute atomic E-state index is 11.2. The second kappa shape index (κ2) is 5.41. The predicted octanol–water partition coefficient (Wildman–Crippen LogP) is 4.28. The van der Waals surface area contributed by atoms with E-state index in [1.54, 1.807) is 6.92 Å². The number of aryl methyl sites for hydroxylation is 1. The summed E-state index contributed by atoms with van der Waals surface area (Å²) >= 11 is 5.85. The van der Waals surface area contributed by atoms with Gasteiger partial charge >= 0.3 is 5.69 Å². The largest absolute Gasteiger partial charge is 0.316 e. The van der Waals surface area contributed by atoms with E-state index in [1.807, 2.05) is 24.3 Å². The van der Waals surface area contributed by atoms with E-state index in [0.29, 0.717) is 11.5 Å². The molecule has 0 aliphatic heterocycles. The van der Waals surface area contributed by atoms with Crippen LogP contribution in [0.15, 0.2) is 24.3 Å². The molecule has 3 rings (SSSR count). The van der Waals surface area contributed by atoms with E-state index in [9.17, 15) is 10.1 Å². The summed E-state index contributed by atoms with van der Waals surface area (Å²) in [5.41, 5.74) is 2.44. The Hall–Kier alpha value is -2.01. The molecule has 1 saturated carbocycles. The SMILES string of the molecule is Cc1nc(Cl)nc(-c2ccc(C3CCC3)cc2)c1[N+](=O)[O-]. The minimum Gasteiger partial charge on any atom is -0.258 e. The molecule has 1 fully saturated rings. The molecule has 2 aromatic rings. The van der Waals surface area contributed by atoms with Gasteiger partial charge in [-0.05, 0) is 42.8 Å². The van der Waals surface area contributed by atoms with Crippen LogP contribution in [0.25, 0.3) is 11.3 Å². The van der Waals surface area contributed by atoms with Gasteiger partial charge in [0.15, 0.2) is 5.69 Å². The van der Waals surface area contributed by atoms with E-state index < -0.39 is 4.92 Å². The smallest absolute Gasteiger partial charge is 0.258 e.